The molecule has 3 rings (SSSR count). The van der Waals surface area contributed by atoms with Crippen molar-refractivity contribution in [3.63, 3.8) is 0 Å². The van der Waals surface area contributed by atoms with Crippen LogP contribution in [0.3, 0.4) is 0 Å². The average molecular weight is 312 g/mol. The van der Waals surface area contributed by atoms with E-state index in [4.69, 9.17) is 19.4 Å². The summed E-state index contributed by atoms with van der Waals surface area (Å²) in [6.07, 6.45) is 1.47. The molecule has 22 heavy (non-hydrogen) atoms. The van der Waals surface area contributed by atoms with Crippen molar-refractivity contribution >= 4 is 24.9 Å². The molecule has 1 atom stereocenters. The first-order valence-corrected chi connectivity index (χ1v) is 8.07. The van der Waals surface area contributed by atoms with Gasteiger partial charge in [-0.15, -0.1) is 0 Å². The Balaban J connectivity index is 1.98. The predicted molar refractivity (Wildman–Crippen MR) is 92.8 cm³/mol. The van der Waals surface area contributed by atoms with Crippen molar-refractivity contribution in [2.75, 3.05) is 13.1 Å². The summed E-state index contributed by atoms with van der Waals surface area (Å²) in [5.41, 5.74) is 3.67. The van der Waals surface area contributed by atoms with Crippen LogP contribution in [0.4, 0.5) is 0 Å². The summed E-state index contributed by atoms with van der Waals surface area (Å²) in [6.45, 7) is 1.92. The molecule has 1 aliphatic heterocycles. The van der Waals surface area contributed by atoms with Gasteiger partial charge in [0.15, 0.2) is 0 Å². The third-order valence-electron chi connectivity index (χ3n) is 4.38. The van der Waals surface area contributed by atoms with Crippen LogP contribution in [0.1, 0.15) is 24.5 Å². The molecule has 0 saturated carbocycles. The molecule has 2 aromatic rings. The number of hydrogen-bond donors (Lipinski definition) is 2. The lowest BCUT2D eigenvalue weighted by molar-refractivity contribution is 0.0895. The van der Waals surface area contributed by atoms with E-state index in [1.54, 1.807) is 0 Å². The van der Waals surface area contributed by atoms with Crippen LogP contribution in [-0.4, -0.2) is 26.0 Å². The molecule has 2 radical (unpaired) electrons. The summed E-state index contributed by atoms with van der Waals surface area (Å²) in [7, 11) is 5.95. The summed E-state index contributed by atoms with van der Waals surface area (Å²) in [5.74, 6) is 0.272. The number of hydrogen-bond acceptors (Lipinski definition) is 2. The molecule has 2 nitrogen and oxygen atoms in total. The van der Waals surface area contributed by atoms with Crippen LogP contribution in [0.5, 0.6) is 0 Å². The maximum Gasteiger partial charge on any atom is 0.113 e. The van der Waals surface area contributed by atoms with Gasteiger partial charge in [0, 0.05) is 5.02 Å². The molecule has 0 aromatic heterocycles. The van der Waals surface area contributed by atoms with Crippen molar-refractivity contribution in [2.45, 2.75) is 18.9 Å². The lowest BCUT2D eigenvalue weighted by Crippen LogP contribution is -2.31. The molecular weight excluding hydrogens is 292 g/mol. The summed E-state index contributed by atoms with van der Waals surface area (Å²) in [5, 5.41) is 14.9. The van der Waals surface area contributed by atoms with Crippen molar-refractivity contribution in [3.05, 3.63) is 53.1 Å². The number of halogens is 1. The summed E-state index contributed by atoms with van der Waals surface area (Å²) in [4.78, 5) is 0. The van der Waals surface area contributed by atoms with E-state index in [-0.39, 0.29) is 5.92 Å². The fourth-order valence-electron chi connectivity index (χ4n) is 3.13. The first-order valence-electron chi connectivity index (χ1n) is 7.69. The van der Waals surface area contributed by atoms with Crippen molar-refractivity contribution in [3.8, 4) is 11.1 Å². The van der Waals surface area contributed by atoms with Crippen molar-refractivity contribution in [1.82, 2.24) is 5.32 Å². The van der Waals surface area contributed by atoms with Crippen LogP contribution in [0.25, 0.3) is 11.1 Å². The Morgan fingerprint density at radius 3 is 2.45 bits per heavy atom. The Labute approximate surface area is 137 Å². The quantitative estimate of drug-likeness (QED) is 0.854. The zero-order valence-corrected chi connectivity index (χ0v) is 13.2. The fraction of sp³-hybridized carbons (Fsp3) is 0.333. The SMILES string of the molecule is [B]c1ccc(-c2ccc(Cl)cc2)c(C(O)C2CCNCC2)c1. The molecule has 1 heterocycles. The van der Waals surface area contributed by atoms with Crippen LogP contribution in [0.2, 0.25) is 5.02 Å². The highest BCUT2D eigenvalue weighted by molar-refractivity contribution is 6.32. The largest absolute Gasteiger partial charge is 0.388 e. The summed E-state index contributed by atoms with van der Waals surface area (Å²) in [6, 6.07) is 13.5. The number of aliphatic hydroxyl groups is 1. The van der Waals surface area contributed by atoms with Crippen molar-refractivity contribution in [1.29, 1.82) is 0 Å². The standard InChI is InChI=1S/C18H19BClNO/c19-14-3-6-16(12-1-4-15(20)5-2-12)17(11-14)18(22)13-7-9-21-10-8-13/h1-6,11,13,18,21-22H,7-10H2. The van der Waals surface area contributed by atoms with Gasteiger partial charge in [-0.3, -0.25) is 0 Å². The van der Waals surface area contributed by atoms with E-state index in [0.717, 1.165) is 42.6 Å². The van der Waals surface area contributed by atoms with Crippen LogP contribution in [0, 0.1) is 5.92 Å². The first-order chi connectivity index (χ1) is 10.6. The van der Waals surface area contributed by atoms with E-state index >= 15 is 0 Å². The van der Waals surface area contributed by atoms with Crippen LogP contribution in [-0.2, 0) is 0 Å². The number of benzene rings is 2. The lowest BCUT2D eigenvalue weighted by Gasteiger charge is -2.29. The summed E-state index contributed by atoms with van der Waals surface area (Å²) >= 11 is 5.97. The second-order valence-electron chi connectivity index (χ2n) is 5.89. The average Bonchev–Trinajstić information content (AvgIpc) is 2.56. The van der Waals surface area contributed by atoms with Gasteiger partial charge in [0.25, 0.3) is 0 Å². The van der Waals surface area contributed by atoms with Crippen molar-refractivity contribution in [2.24, 2.45) is 5.92 Å². The maximum absolute atomic E-state index is 10.9. The molecule has 4 heteroatoms. The van der Waals surface area contributed by atoms with E-state index in [0.29, 0.717) is 10.5 Å². The minimum atomic E-state index is -0.490. The van der Waals surface area contributed by atoms with E-state index in [9.17, 15) is 5.11 Å². The maximum atomic E-state index is 10.9. The monoisotopic (exact) mass is 311 g/mol. The first kappa shape index (κ1) is 15.6. The highest BCUT2D eigenvalue weighted by Crippen LogP contribution is 2.35. The Kier molecular flexibility index (Phi) is 4.87. The fourth-order valence-corrected chi connectivity index (χ4v) is 3.26. The Morgan fingerprint density at radius 2 is 1.77 bits per heavy atom. The van der Waals surface area contributed by atoms with Gasteiger partial charge in [0.1, 0.15) is 7.85 Å². The van der Waals surface area contributed by atoms with Gasteiger partial charge >= 0.3 is 0 Å². The van der Waals surface area contributed by atoms with Gasteiger partial charge in [-0.2, -0.15) is 0 Å². The van der Waals surface area contributed by atoms with Crippen LogP contribution in [0.15, 0.2) is 42.5 Å². The molecule has 112 valence electrons. The lowest BCUT2D eigenvalue weighted by atomic mass is 9.82. The van der Waals surface area contributed by atoms with Crippen LogP contribution < -0.4 is 10.8 Å². The topological polar surface area (TPSA) is 32.3 Å². The predicted octanol–water partition coefficient (Wildman–Crippen LogP) is 2.83. The highest BCUT2D eigenvalue weighted by atomic mass is 35.5. The minimum Gasteiger partial charge on any atom is -0.388 e. The molecule has 2 N–H and O–H groups in total. The minimum absolute atomic E-state index is 0.272. The van der Waals surface area contributed by atoms with E-state index in [1.165, 1.54) is 0 Å². The zero-order chi connectivity index (χ0) is 15.5. The van der Waals surface area contributed by atoms with E-state index in [2.05, 4.69) is 5.32 Å². The smallest absolute Gasteiger partial charge is 0.113 e. The van der Waals surface area contributed by atoms with Gasteiger partial charge < -0.3 is 10.4 Å². The third kappa shape index (κ3) is 3.38. The van der Waals surface area contributed by atoms with Crippen LogP contribution >= 0.6 is 11.6 Å². The van der Waals surface area contributed by atoms with Crippen molar-refractivity contribution < 1.29 is 5.11 Å². The highest BCUT2D eigenvalue weighted by Gasteiger charge is 2.25. The normalized spacial score (nSPS) is 17.4. The molecule has 1 saturated heterocycles. The number of aliphatic hydroxyl groups excluding tert-OH is 1. The van der Waals surface area contributed by atoms with Gasteiger partial charge in [-0.25, -0.2) is 0 Å². The molecular formula is C18H19BClNO. The molecule has 2 aromatic carbocycles. The molecule has 1 unspecified atom stereocenters. The Morgan fingerprint density at radius 1 is 1.09 bits per heavy atom. The number of piperidine rings is 1. The van der Waals surface area contributed by atoms with E-state index < -0.39 is 6.10 Å². The molecule has 1 fully saturated rings. The Hall–Kier alpha value is -1.29. The second-order valence-corrected chi connectivity index (χ2v) is 6.32. The van der Waals surface area contributed by atoms with Gasteiger partial charge in [0.05, 0.1) is 6.10 Å². The number of nitrogens with one attached hydrogen (secondary N) is 1. The molecule has 0 spiro atoms. The molecule has 0 bridgehead atoms. The second kappa shape index (κ2) is 6.87. The number of rotatable bonds is 3. The van der Waals surface area contributed by atoms with Gasteiger partial charge in [-0.05, 0) is 60.7 Å². The van der Waals surface area contributed by atoms with Gasteiger partial charge in [-0.1, -0.05) is 47.4 Å². The zero-order valence-electron chi connectivity index (χ0n) is 12.4. The van der Waals surface area contributed by atoms with Gasteiger partial charge in [0.2, 0.25) is 0 Å². The summed E-state index contributed by atoms with van der Waals surface area (Å²) < 4.78 is 0. The molecule has 0 amide bonds. The van der Waals surface area contributed by atoms with E-state index in [1.807, 2.05) is 42.5 Å². The molecule has 0 aliphatic carbocycles. The Bertz CT molecular complexity index is 638. The third-order valence-corrected chi connectivity index (χ3v) is 4.63. The molecule has 1 aliphatic rings.